The van der Waals surface area contributed by atoms with Crippen molar-refractivity contribution in [2.24, 2.45) is 0 Å². The molecule has 0 radical (unpaired) electrons. The highest BCUT2D eigenvalue weighted by atomic mass is 32.2. The predicted octanol–water partition coefficient (Wildman–Crippen LogP) is 5.26. The minimum atomic E-state index is -0.683. The molecular formula is C20H22O4S. The number of carbonyl (C=O) groups excluding carboxylic acids is 1. The maximum Gasteiger partial charge on any atom is 0.513 e. The van der Waals surface area contributed by atoms with Crippen molar-refractivity contribution in [3.63, 3.8) is 0 Å². The van der Waals surface area contributed by atoms with E-state index in [-0.39, 0.29) is 0 Å². The van der Waals surface area contributed by atoms with Crippen LogP contribution >= 0.6 is 11.8 Å². The molecule has 0 atom stereocenters. The van der Waals surface area contributed by atoms with Gasteiger partial charge >= 0.3 is 6.16 Å². The fourth-order valence-corrected chi connectivity index (χ4v) is 2.87. The molecule has 25 heavy (non-hydrogen) atoms. The molecule has 5 heteroatoms. The summed E-state index contributed by atoms with van der Waals surface area (Å²) in [5, 5.41) is 0. The molecule has 2 rings (SSSR count). The molecule has 2 aromatic carbocycles. The van der Waals surface area contributed by atoms with E-state index in [1.165, 1.54) is 0 Å². The van der Waals surface area contributed by atoms with Gasteiger partial charge in [0.2, 0.25) is 0 Å². The number of ether oxygens (including phenoxy) is 3. The molecule has 0 amide bonds. The molecule has 0 saturated carbocycles. The summed E-state index contributed by atoms with van der Waals surface area (Å²) in [5.74, 6) is 2.10. The summed E-state index contributed by atoms with van der Waals surface area (Å²) >= 11 is 1.66. The van der Waals surface area contributed by atoms with E-state index in [2.05, 4.69) is 6.58 Å². The number of aryl methyl sites for hydroxylation is 1. The number of rotatable bonds is 8. The van der Waals surface area contributed by atoms with E-state index in [0.29, 0.717) is 19.0 Å². The topological polar surface area (TPSA) is 44.8 Å². The molecule has 0 aliphatic carbocycles. The van der Waals surface area contributed by atoms with Crippen molar-refractivity contribution in [1.82, 2.24) is 0 Å². The van der Waals surface area contributed by atoms with Gasteiger partial charge in [0.1, 0.15) is 18.1 Å². The van der Waals surface area contributed by atoms with E-state index in [4.69, 9.17) is 14.2 Å². The highest BCUT2D eigenvalue weighted by Crippen LogP contribution is 2.27. The molecule has 0 aromatic heterocycles. The van der Waals surface area contributed by atoms with Crippen LogP contribution in [0.25, 0.3) is 0 Å². The molecular weight excluding hydrogens is 336 g/mol. The maximum atomic E-state index is 11.4. The zero-order chi connectivity index (χ0) is 18.1. The minimum Gasteiger partial charge on any atom is -0.489 e. The molecule has 0 fully saturated rings. The van der Waals surface area contributed by atoms with Crippen LogP contribution in [0.2, 0.25) is 0 Å². The Morgan fingerprint density at radius 1 is 1.16 bits per heavy atom. The van der Waals surface area contributed by atoms with E-state index in [1.54, 1.807) is 24.8 Å². The van der Waals surface area contributed by atoms with Gasteiger partial charge in [-0.05, 0) is 55.3 Å². The monoisotopic (exact) mass is 358 g/mol. The largest absolute Gasteiger partial charge is 0.513 e. The summed E-state index contributed by atoms with van der Waals surface area (Å²) < 4.78 is 15.6. The third-order valence-corrected chi connectivity index (χ3v) is 4.37. The summed E-state index contributed by atoms with van der Waals surface area (Å²) in [7, 11) is 0. The average molecular weight is 358 g/mol. The third-order valence-electron chi connectivity index (χ3n) is 3.23. The molecule has 0 saturated heterocycles. The molecule has 0 bridgehead atoms. The van der Waals surface area contributed by atoms with Crippen LogP contribution in [0.15, 0.2) is 65.6 Å². The molecule has 0 N–H and O–H groups in total. The molecule has 0 unspecified atom stereocenters. The van der Waals surface area contributed by atoms with Crippen molar-refractivity contribution in [3.05, 3.63) is 66.2 Å². The van der Waals surface area contributed by atoms with Gasteiger partial charge in [-0.1, -0.05) is 24.8 Å². The zero-order valence-corrected chi connectivity index (χ0v) is 15.3. The first-order chi connectivity index (χ1) is 12.1. The van der Waals surface area contributed by atoms with Crippen molar-refractivity contribution in [2.75, 3.05) is 19.0 Å². The van der Waals surface area contributed by atoms with Gasteiger partial charge in [0, 0.05) is 10.6 Å². The van der Waals surface area contributed by atoms with Crippen LogP contribution in [-0.2, 0) is 4.74 Å². The Balaban J connectivity index is 1.81. The highest BCUT2D eigenvalue weighted by molar-refractivity contribution is 7.99. The average Bonchev–Trinajstić information content (AvgIpc) is 2.61. The van der Waals surface area contributed by atoms with E-state index in [0.717, 1.165) is 27.5 Å². The fraction of sp³-hybridized carbons (Fsp3) is 0.250. The smallest absolute Gasteiger partial charge is 0.489 e. The Labute approximate surface area is 152 Å². The molecule has 132 valence electrons. The molecule has 0 aliphatic heterocycles. The number of thioether (sulfide) groups is 1. The van der Waals surface area contributed by atoms with Gasteiger partial charge in [-0.3, -0.25) is 0 Å². The lowest BCUT2D eigenvalue weighted by molar-refractivity contribution is 0.104. The van der Waals surface area contributed by atoms with Gasteiger partial charge in [-0.2, -0.15) is 0 Å². The number of hydrogen-bond acceptors (Lipinski definition) is 5. The van der Waals surface area contributed by atoms with E-state index < -0.39 is 6.16 Å². The summed E-state index contributed by atoms with van der Waals surface area (Å²) in [4.78, 5) is 12.5. The van der Waals surface area contributed by atoms with Gasteiger partial charge in [0.15, 0.2) is 0 Å². The van der Waals surface area contributed by atoms with Crippen molar-refractivity contribution < 1.29 is 19.0 Å². The van der Waals surface area contributed by atoms with E-state index in [1.807, 2.05) is 49.4 Å². The van der Waals surface area contributed by atoms with Gasteiger partial charge in [0.25, 0.3) is 0 Å². The summed E-state index contributed by atoms with van der Waals surface area (Å²) in [6.07, 6.45) is -0.683. The van der Waals surface area contributed by atoms with Crippen LogP contribution in [0.3, 0.4) is 0 Å². The number of hydrogen-bond donors (Lipinski definition) is 0. The molecule has 4 nitrogen and oxygen atoms in total. The Hall–Kier alpha value is -2.40. The van der Waals surface area contributed by atoms with Crippen LogP contribution in [0.5, 0.6) is 11.5 Å². The molecule has 0 aliphatic rings. The van der Waals surface area contributed by atoms with Crippen molar-refractivity contribution in [3.8, 4) is 11.5 Å². The van der Waals surface area contributed by atoms with Crippen LogP contribution < -0.4 is 9.47 Å². The summed E-state index contributed by atoms with van der Waals surface area (Å²) in [6, 6.07) is 15.3. The van der Waals surface area contributed by atoms with Gasteiger partial charge in [-0.25, -0.2) is 4.79 Å². The van der Waals surface area contributed by atoms with Crippen LogP contribution in [0.1, 0.15) is 12.5 Å². The molecule has 0 heterocycles. The quantitative estimate of drug-likeness (QED) is 0.279. The Kier molecular flexibility index (Phi) is 7.41. The van der Waals surface area contributed by atoms with Crippen LogP contribution in [0.4, 0.5) is 4.79 Å². The lowest BCUT2D eigenvalue weighted by Crippen LogP contribution is -2.10. The molecule has 0 spiro atoms. The number of carbonyl (C=O) groups is 1. The summed E-state index contributed by atoms with van der Waals surface area (Å²) in [5.41, 5.74) is 1.88. The Bertz CT molecular complexity index is 713. The second kappa shape index (κ2) is 9.79. The first-order valence-electron chi connectivity index (χ1n) is 8.01. The maximum absolute atomic E-state index is 11.4. The normalized spacial score (nSPS) is 10.2. The van der Waals surface area contributed by atoms with Gasteiger partial charge in [-0.15, -0.1) is 11.8 Å². The standard InChI is InChI=1S/C20H22O4S/c1-4-22-20(21)24-19-11-10-18(12-16(19)3)25-14-15(2)13-23-17-8-6-5-7-9-17/h5-12H,2,4,13-14H2,1,3H3. The summed E-state index contributed by atoms with van der Waals surface area (Å²) in [6.45, 7) is 8.46. The second-order valence-electron chi connectivity index (χ2n) is 5.35. The lowest BCUT2D eigenvalue weighted by Gasteiger charge is -2.10. The minimum absolute atomic E-state index is 0.291. The second-order valence-corrected chi connectivity index (χ2v) is 6.40. The first kappa shape index (κ1) is 18.9. The highest BCUT2D eigenvalue weighted by Gasteiger charge is 2.08. The number of benzene rings is 2. The third kappa shape index (κ3) is 6.55. The number of para-hydroxylation sites is 1. The Morgan fingerprint density at radius 2 is 1.92 bits per heavy atom. The van der Waals surface area contributed by atoms with Crippen LogP contribution in [-0.4, -0.2) is 25.1 Å². The van der Waals surface area contributed by atoms with E-state index in [9.17, 15) is 4.79 Å². The SMILES string of the molecule is C=C(COc1ccccc1)CSc1ccc(OC(=O)OCC)c(C)c1. The zero-order valence-electron chi connectivity index (χ0n) is 14.5. The fourth-order valence-electron chi connectivity index (χ4n) is 1.99. The van der Waals surface area contributed by atoms with Crippen molar-refractivity contribution >= 4 is 17.9 Å². The Morgan fingerprint density at radius 3 is 2.60 bits per heavy atom. The van der Waals surface area contributed by atoms with Gasteiger partial charge < -0.3 is 14.2 Å². The lowest BCUT2D eigenvalue weighted by atomic mass is 10.2. The molecule has 2 aromatic rings. The predicted molar refractivity (Wildman–Crippen MR) is 101 cm³/mol. The van der Waals surface area contributed by atoms with Crippen molar-refractivity contribution in [1.29, 1.82) is 0 Å². The van der Waals surface area contributed by atoms with E-state index >= 15 is 0 Å². The first-order valence-corrected chi connectivity index (χ1v) is 8.99. The van der Waals surface area contributed by atoms with Crippen LogP contribution in [0, 0.1) is 6.92 Å². The van der Waals surface area contributed by atoms with Crippen molar-refractivity contribution in [2.45, 2.75) is 18.7 Å². The van der Waals surface area contributed by atoms with Gasteiger partial charge in [0.05, 0.1) is 6.61 Å².